The van der Waals surface area contributed by atoms with Crippen LogP contribution < -0.4 is 5.73 Å². The van der Waals surface area contributed by atoms with Crippen LogP contribution in [0.5, 0.6) is 0 Å². The van der Waals surface area contributed by atoms with Gasteiger partial charge in [-0.2, -0.15) is 0 Å². The van der Waals surface area contributed by atoms with Gasteiger partial charge < -0.3 is 15.6 Å². The van der Waals surface area contributed by atoms with E-state index in [4.69, 9.17) is 50.5 Å². The lowest BCUT2D eigenvalue weighted by Crippen LogP contribution is -2.12. The molecule has 1 aliphatic heterocycles. The number of nitrogens with two attached hydrogens (primary N) is 1. The third kappa shape index (κ3) is 17.3. The number of halogens is 4. The third-order valence-corrected chi connectivity index (χ3v) is 17.9. The van der Waals surface area contributed by atoms with Crippen LogP contribution in [-0.4, -0.2) is 104 Å². The van der Waals surface area contributed by atoms with E-state index in [-0.39, 0.29) is 16.3 Å². The van der Waals surface area contributed by atoms with E-state index in [1.54, 1.807) is 62.0 Å². The van der Waals surface area contributed by atoms with Crippen LogP contribution in [0.25, 0.3) is 44.4 Å². The van der Waals surface area contributed by atoms with Gasteiger partial charge in [0.1, 0.15) is 40.7 Å². The average molecular weight is 1330 g/mol. The number of pyridine rings is 3. The van der Waals surface area contributed by atoms with Crippen molar-refractivity contribution in [1.29, 1.82) is 0 Å². The predicted molar refractivity (Wildman–Crippen MR) is 343 cm³/mol. The fraction of sp³-hybridized carbons (Fsp3) is 0.377. The lowest BCUT2D eigenvalue weighted by atomic mass is 10.1. The van der Waals surface area contributed by atoms with Gasteiger partial charge in [-0.05, 0) is 118 Å². The summed E-state index contributed by atoms with van der Waals surface area (Å²) in [5, 5.41) is 10.9. The summed E-state index contributed by atoms with van der Waals surface area (Å²) in [4.78, 5) is 54.7. The van der Waals surface area contributed by atoms with Crippen LogP contribution in [0.1, 0.15) is 131 Å². The van der Waals surface area contributed by atoms with Crippen LogP contribution in [-0.2, 0) is 30.5 Å². The van der Waals surface area contributed by atoms with Crippen molar-refractivity contribution >= 4 is 128 Å². The van der Waals surface area contributed by atoms with E-state index in [0.717, 1.165) is 60.9 Å². The molecule has 3 unspecified atom stereocenters. The third-order valence-electron chi connectivity index (χ3n) is 14.7. The summed E-state index contributed by atoms with van der Waals surface area (Å²) in [5.74, 6) is 3.82. The Labute approximate surface area is 526 Å². The van der Waals surface area contributed by atoms with Gasteiger partial charge in [0, 0.05) is 88.8 Å². The fourth-order valence-electron chi connectivity index (χ4n) is 10.5. The first-order chi connectivity index (χ1) is 41.5. The molecule has 1 saturated heterocycles. The molecule has 3 aliphatic carbocycles. The molecule has 8 aromatic heterocycles. The molecule has 25 heteroatoms. The maximum absolute atomic E-state index is 12.2. The van der Waals surface area contributed by atoms with Crippen LogP contribution in [0, 0.1) is 19.8 Å². The highest BCUT2D eigenvalue weighted by Crippen LogP contribution is 2.42. The van der Waals surface area contributed by atoms with Gasteiger partial charge in [-0.3, -0.25) is 17.8 Å². The minimum absolute atomic E-state index is 0.125. The van der Waals surface area contributed by atoms with E-state index >= 15 is 0 Å². The number of benzene rings is 2. The zero-order chi connectivity index (χ0) is 61.3. The number of nitrogen functional groups attached to an aromatic ring is 1. The first kappa shape index (κ1) is 65.8. The number of aliphatic hydroxyl groups excluding tert-OH is 1. The predicted octanol–water partition coefficient (Wildman–Crippen LogP) is 13.3. The lowest BCUT2D eigenvalue weighted by molar-refractivity contribution is -0.108. The smallest absolute Gasteiger partial charge is 0.267 e. The number of fused-ring (bicyclic) bond motifs is 7. The van der Waals surface area contributed by atoms with Crippen molar-refractivity contribution in [1.82, 2.24) is 58.1 Å². The zero-order valence-corrected chi connectivity index (χ0v) is 53.6. The molecule has 0 bridgehead atoms. The quantitative estimate of drug-likeness (QED) is 0.0620. The second kappa shape index (κ2) is 31.6. The molecule has 0 spiro atoms. The van der Waals surface area contributed by atoms with Crippen molar-refractivity contribution in [2.45, 2.75) is 135 Å². The SMILES string of the molecule is CCO.CS(=O)c1ncc2ccc3ncc(C4CCCC4)n3c2n1.Cc1ncc2ccc(N)nc2n1.Cc1ncc2ccc3ncc(C4CCCC4)n3c2n1.ClC(Cl)Cl.O=CC(Br)C1CCCC1.O=S(=O)(c1ccccc1)N1O[C@@H]1c1ccccc1. The Morgan fingerprint density at radius 2 is 1.13 bits per heavy atom. The Morgan fingerprint density at radius 3 is 1.65 bits per heavy atom. The van der Waals surface area contributed by atoms with Gasteiger partial charge in [-0.25, -0.2) is 53.3 Å². The monoisotopic (exact) mass is 1330 g/mol. The zero-order valence-electron chi connectivity index (χ0n) is 48.1. The van der Waals surface area contributed by atoms with Crippen LogP contribution in [0.15, 0.2) is 138 Å². The van der Waals surface area contributed by atoms with E-state index in [2.05, 4.69) is 81.7 Å². The van der Waals surface area contributed by atoms with Crippen molar-refractivity contribution < 1.29 is 27.4 Å². The Morgan fingerprint density at radius 1 is 0.663 bits per heavy atom. The first-order valence-electron chi connectivity index (χ1n) is 28.4. The summed E-state index contributed by atoms with van der Waals surface area (Å²) in [6.45, 7) is 5.69. The molecule has 19 nitrogen and oxygen atoms in total. The van der Waals surface area contributed by atoms with Crippen LogP contribution in [0.3, 0.4) is 0 Å². The molecular formula is C61H69BrCl3N13O6S2. The van der Waals surface area contributed by atoms with Gasteiger partial charge in [0.25, 0.3) is 10.0 Å². The minimum Gasteiger partial charge on any atom is -0.397 e. The van der Waals surface area contributed by atoms with E-state index in [1.807, 2.05) is 81.0 Å². The summed E-state index contributed by atoms with van der Waals surface area (Å²) in [7, 11) is -4.73. The lowest BCUT2D eigenvalue weighted by Gasteiger charge is -2.10. The number of hydroxylamine groups is 1. The molecule has 9 heterocycles. The molecular weight excluding hydrogens is 1260 g/mol. The minimum atomic E-state index is -3.55. The summed E-state index contributed by atoms with van der Waals surface area (Å²) in [5.41, 5.74) is 13.2. The molecule has 86 heavy (non-hydrogen) atoms. The van der Waals surface area contributed by atoms with Gasteiger partial charge in [-0.1, -0.05) is 138 Å². The normalized spacial score (nSPS) is 17.4. The topological polar surface area (TPSA) is 255 Å². The Balaban J connectivity index is 0.000000139. The highest BCUT2D eigenvalue weighted by Gasteiger charge is 2.48. The van der Waals surface area contributed by atoms with Gasteiger partial charge in [0.05, 0.1) is 20.5 Å². The summed E-state index contributed by atoms with van der Waals surface area (Å²) >= 11 is 17.8. The van der Waals surface area contributed by atoms with Crippen LogP contribution in [0.4, 0.5) is 5.82 Å². The van der Waals surface area contributed by atoms with Crippen LogP contribution >= 0.6 is 50.7 Å². The second-order valence-corrected chi connectivity index (χ2v) is 26.8. The highest BCUT2D eigenvalue weighted by molar-refractivity contribution is 9.10. The fourth-order valence-corrected chi connectivity index (χ4v) is 12.7. The van der Waals surface area contributed by atoms with Crippen molar-refractivity contribution in [3.63, 3.8) is 0 Å². The average Bonchev–Trinajstić information content (AvgIpc) is 2.21. The number of anilines is 1. The summed E-state index contributed by atoms with van der Waals surface area (Å²) < 4.78 is 40.6. The Bertz CT molecular complexity index is 3930. The molecule has 4 atom stereocenters. The molecule has 3 N–H and O–H groups in total. The number of aromatic nitrogens is 11. The number of aldehydes is 1. The van der Waals surface area contributed by atoms with Crippen molar-refractivity contribution in [2.24, 2.45) is 5.92 Å². The number of rotatable bonds is 8. The number of sulfonamides is 1. The standard InChI is InChI=1S/C15H16N4OS.C15H16N4.C13H11NO3S.C8H8N4.C7H11BrO.C2H6O.CHCl3/c1-21(20)15-17-8-11-6-7-13-16-9-12(10-4-2-3-5-10)19(13)14(11)18-15;1-10-16-8-12-6-7-14-17-9-13(11-4-2-3-5-11)19(14)15(12)18-10;15-18(16,12-9-5-2-6-10-12)14-13(17-14)11-7-3-1-4-8-11;1-5-10-4-6-2-3-7(9)12-8(6)11-5;8-7(5-9)6-3-1-2-4-6;1-2-3;2-1(3)4/h6-10H,2-5H2,1H3;6-9,11H,2-5H2,1H3;1-10,13H;2-4H,1H3,(H2,9,10,11,12);5-7H,1-4H2;3H,2H2,1H3;1H/t;;13-,14?;;;;/m..1..../s1. The molecule has 10 aromatic rings. The van der Waals surface area contributed by atoms with Crippen LogP contribution in [0.2, 0.25) is 0 Å². The number of carbonyl (C=O) groups excluding carboxylic acids is 1. The van der Waals surface area contributed by atoms with Gasteiger partial charge >= 0.3 is 0 Å². The number of alkyl halides is 4. The number of carbonyl (C=O) groups is 1. The molecule has 3 saturated carbocycles. The molecule has 14 rings (SSSR count). The summed E-state index contributed by atoms with van der Waals surface area (Å²) in [6, 6.07) is 29.2. The summed E-state index contributed by atoms with van der Waals surface area (Å²) in [6.07, 6.45) is 26.8. The first-order valence-corrected chi connectivity index (χ1v) is 33.6. The number of imidazole rings is 2. The maximum Gasteiger partial charge on any atom is 0.267 e. The largest absolute Gasteiger partial charge is 0.397 e. The molecule has 454 valence electrons. The number of hydrogen-bond acceptors (Lipinski definition) is 16. The number of nitrogens with zero attached hydrogens (tertiary/aromatic N) is 12. The van der Waals surface area contributed by atoms with E-state index in [1.165, 1.54) is 88.4 Å². The molecule has 4 fully saturated rings. The molecule has 0 radical (unpaired) electrons. The molecule has 2 aromatic carbocycles. The Kier molecular flexibility index (Phi) is 24.2. The van der Waals surface area contributed by atoms with E-state index in [0.29, 0.717) is 40.2 Å². The molecule has 0 amide bonds. The van der Waals surface area contributed by atoms with E-state index in [9.17, 15) is 17.4 Å². The van der Waals surface area contributed by atoms with Gasteiger partial charge in [0.15, 0.2) is 21.8 Å². The number of aryl methyl sites for hydroxylation is 2. The number of hydrogen-bond donors (Lipinski definition) is 2. The van der Waals surface area contributed by atoms with Crippen molar-refractivity contribution in [3.05, 3.63) is 157 Å². The van der Waals surface area contributed by atoms with Crippen molar-refractivity contribution in [2.75, 3.05) is 18.6 Å². The maximum atomic E-state index is 12.2. The van der Waals surface area contributed by atoms with Gasteiger partial charge in [-0.15, -0.1) is 0 Å². The molecule has 4 aliphatic rings. The second-order valence-electron chi connectivity index (χ2n) is 20.7. The van der Waals surface area contributed by atoms with E-state index < -0.39 is 31.3 Å². The Hall–Kier alpha value is -6.21. The van der Waals surface area contributed by atoms with Crippen molar-refractivity contribution in [3.8, 4) is 0 Å². The van der Waals surface area contributed by atoms with Gasteiger partial charge in [0.2, 0.25) is 5.16 Å². The number of aliphatic hydroxyl groups is 1. The highest BCUT2D eigenvalue weighted by atomic mass is 79.9.